The van der Waals surface area contributed by atoms with E-state index in [2.05, 4.69) is 27.2 Å². The molecule has 0 amide bonds. The van der Waals surface area contributed by atoms with Crippen molar-refractivity contribution in [1.29, 1.82) is 0 Å². The average molecular weight is 263 g/mol. The molecule has 0 unspecified atom stereocenters. The third-order valence-corrected chi connectivity index (χ3v) is 3.56. The summed E-state index contributed by atoms with van der Waals surface area (Å²) in [5.74, 6) is 0. The molecule has 0 aliphatic rings. The van der Waals surface area contributed by atoms with Crippen molar-refractivity contribution in [1.82, 2.24) is 25.0 Å². The van der Waals surface area contributed by atoms with Crippen LogP contribution in [0.4, 0.5) is 0 Å². The number of benzene rings is 1. The topological polar surface area (TPSA) is 59.4 Å². The fourth-order valence-electron chi connectivity index (χ4n) is 2.54. The van der Waals surface area contributed by atoms with E-state index < -0.39 is 0 Å². The molecule has 1 N–H and O–H groups in total. The second kappa shape index (κ2) is 4.16. The molecule has 98 valence electrons. The summed E-state index contributed by atoms with van der Waals surface area (Å²) in [6, 6.07) is 10.1. The molecule has 0 aliphatic carbocycles. The standard InChI is InChI=1S/C15H13N5/c1-2-20-15-12(9-17-20)14-11(8-16-15)13(18-19-14)10-6-4-3-5-7-10/h3-9,17H,2H2,1H3. The van der Waals surface area contributed by atoms with Gasteiger partial charge in [0.05, 0.1) is 5.39 Å². The molecular weight excluding hydrogens is 250 g/mol. The number of aryl methyl sites for hydroxylation is 1. The second-order valence-electron chi connectivity index (χ2n) is 4.69. The van der Waals surface area contributed by atoms with Gasteiger partial charge in [0.1, 0.15) is 11.2 Å². The molecule has 5 nitrogen and oxygen atoms in total. The van der Waals surface area contributed by atoms with Gasteiger partial charge in [0.15, 0.2) is 5.65 Å². The predicted octanol–water partition coefficient (Wildman–Crippen LogP) is 2.99. The average Bonchev–Trinajstić information content (AvgIpc) is 3.11. The Hall–Kier alpha value is -2.69. The highest BCUT2D eigenvalue weighted by molar-refractivity contribution is 6.06. The van der Waals surface area contributed by atoms with Crippen molar-refractivity contribution in [3.05, 3.63) is 42.7 Å². The van der Waals surface area contributed by atoms with Gasteiger partial charge < -0.3 is 5.10 Å². The van der Waals surface area contributed by atoms with Crippen molar-refractivity contribution in [3.8, 4) is 11.3 Å². The fraction of sp³-hybridized carbons (Fsp3) is 0.133. The maximum absolute atomic E-state index is 4.55. The highest BCUT2D eigenvalue weighted by Crippen LogP contribution is 2.29. The molecule has 3 aromatic heterocycles. The summed E-state index contributed by atoms with van der Waals surface area (Å²) >= 11 is 0. The Kier molecular flexibility index (Phi) is 2.32. The number of rotatable bonds is 2. The molecule has 0 radical (unpaired) electrons. The molecule has 0 atom stereocenters. The Balaban J connectivity index is 2.03. The lowest BCUT2D eigenvalue weighted by Crippen LogP contribution is -1.96. The second-order valence-corrected chi connectivity index (χ2v) is 4.69. The summed E-state index contributed by atoms with van der Waals surface area (Å²) < 4.78 is 1.99. The number of pyridine rings is 1. The van der Waals surface area contributed by atoms with Crippen LogP contribution in [0.15, 0.2) is 42.7 Å². The monoisotopic (exact) mass is 263 g/mol. The van der Waals surface area contributed by atoms with Crippen LogP contribution in [0.3, 0.4) is 0 Å². The lowest BCUT2D eigenvalue weighted by atomic mass is 10.1. The van der Waals surface area contributed by atoms with E-state index in [4.69, 9.17) is 0 Å². The number of H-pyrrole nitrogens is 1. The molecule has 3 heterocycles. The van der Waals surface area contributed by atoms with Crippen molar-refractivity contribution >= 4 is 21.9 Å². The number of hydrogen-bond acceptors (Lipinski definition) is 3. The van der Waals surface area contributed by atoms with Crippen LogP contribution in [-0.2, 0) is 6.54 Å². The number of nitrogens with one attached hydrogen (secondary N) is 1. The summed E-state index contributed by atoms with van der Waals surface area (Å²) in [5, 5.41) is 13.9. The summed E-state index contributed by atoms with van der Waals surface area (Å²) in [4.78, 5) is 4.55. The first-order chi connectivity index (χ1) is 9.88. The van der Waals surface area contributed by atoms with Crippen LogP contribution in [0.5, 0.6) is 0 Å². The van der Waals surface area contributed by atoms with Crippen LogP contribution in [0.2, 0.25) is 0 Å². The molecule has 0 fully saturated rings. The minimum Gasteiger partial charge on any atom is -0.304 e. The fourth-order valence-corrected chi connectivity index (χ4v) is 2.54. The quantitative estimate of drug-likeness (QED) is 0.604. The minimum atomic E-state index is 0.849. The van der Waals surface area contributed by atoms with E-state index in [0.29, 0.717) is 0 Å². The van der Waals surface area contributed by atoms with Crippen LogP contribution in [0.25, 0.3) is 33.2 Å². The Morgan fingerprint density at radius 1 is 1.10 bits per heavy atom. The van der Waals surface area contributed by atoms with Crippen LogP contribution in [0, 0.1) is 0 Å². The van der Waals surface area contributed by atoms with E-state index in [1.165, 1.54) is 0 Å². The van der Waals surface area contributed by atoms with Gasteiger partial charge in [-0.2, -0.15) is 0 Å². The first kappa shape index (κ1) is 11.2. The third kappa shape index (κ3) is 1.46. The maximum atomic E-state index is 4.55. The van der Waals surface area contributed by atoms with Crippen LogP contribution >= 0.6 is 0 Å². The minimum absolute atomic E-state index is 0.849. The normalized spacial score (nSPS) is 11.4. The van der Waals surface area contributed by atoms with E-state index >= 15 is 0 Å². The first-order valence-corrected chi connectivity index (χ1v) is 6.63. The summed E-state index contributed by atoms with van der Waals surface area (Å²) in [6.07, 6.45) is 3.80. The molecule has 1 aromatic carbocycles. The van der Waals surface area contributed by atoms with Gasteiger partial charge in [-0.05, 0) is 6.92 Å². The number of fused-ring (bicyclic) bond motifs is 3. The highest BCUT2D eigenvalue weighted by atomic mass is 15.3. The number of nitrogens with zero attached hydrogens (tertiary/aromatic N) is 4. The smallest absolute Gasteiger partial charge is 0.158 e. The highest BCUT2D eigenvalue weighted by Gasteiger charge is 2.14. The van der Waals surface area contributed by atoms with E-state index in [1.807, 2.05) is 47.4 Å². The SMILES string of the molecule is CCn1[nH]cc2c3nnc(-c4ccccc4)c3cnc21. The predicted molar refractivity (Wildman–Crippen MR) is 78.3 cm³/mol. The van der Waals surface area contributed by atoms with Gasteiger partial charge in [-0.15, -0.1) is 10.2 Å². The Labute approximate surface area is 115 Å². The van der Waals surface area contributed by atoms with E-state index in [-0.39, 0.29) is 0 Å². The van der Waals surface area contributed by atoms with Crippen molar-refractivity contribution in [3.63, 3.8) is 0 Å². The maximum Gasteiger partial charge on any atom is 0.158 e. The molecule has 4 aromatic rings. The zero-order chi connectivity index (χ0) is 13.5. The Morgan fingerprint density at radius 2 is 1.95 bits per heavy atom. The van der Waals surface area contributed by atoms with Crippen LogP contribution < -0.4 is 0 Å². The largest absolute Gasteiger partial charge is 0.304 e. The van der Waals surface area contributed by atoms with Gasteiger partial charge in [-0.3, -0.25) is 4.68 Å². The molecule has 20 heavy (non-hydrogen) atoms. The lowest BCUT2D eigenvalue weighted by molar-refractivity contribution is 0.677. The molecule has 5 heteroatoms. The summed E-state index contributed by atoms with van der Waals surface area (Å²) in [5.41, 5.74) is 3.77. The van der Waals surface area contributed by atoms with Crippen LogP contribution in [0.1, 0.15) is 6.92 Å². The van der Waals surface area contributed by atoms with Crippen molar-refractivity contribution in [2.24, 2.45) is 0 Å². The number of aromatic amines is 1. The summed E-state index contributed by atoms with van der Waals surface area (Å²) in [6.45, 7) is 2.93. The Bertz CT molecular complexity index is 889. The van der Waals surface area contributed by atoms with Gasteiger partial charge in [0, 0.05) is 29.9 Å². The number of aromatic nitrogens is 5. The molecule has 4 rings (SSSR count). The van der Waals surface area contributed by atoms with Gasteiger partial charge in [-0.25, -0.2) is 4.98 Å². The lowest BCUT2D eigenvalue weighted by Gasteiger charge is -1.99. The molecule has 0 bridgehead atoms. The zero-order valence-corrected chi connectivity index (χ0v) is 11.0. The Morgan fingerprint density at radius 3 is 2.75 bits per heavy atom. The first-order valence-electron chi connectivity index (χ1n) is 6.63. The van der Waals surface area contributed by atoms with Gasteiger partial charge in [0.2, 0.25) is 0 Å². The van der Waals surface area contributed by atoms with Gasteiger partial charge >= 0.3 is 0 Å². The van der Waals surface area contributed by atoms with E-state index in [9.17, 15) is 0 Å². The van der Waals surface area contributed by atoms with E-state index in [0.717, 1.165) is 39.7 Å². The van der Waals surface area contributed by atoms with E-state index in [1.54, 1.807) is 0 Å². The zero-order valence-electron chi connectivity index (χ0n) is 11.0. The molecular formula is C15H13N5. The summed E-state index contributed by atoms with van der Waals surface area (Å²) in [7, 11) is 0. The van der Waals surface area contributed by atoms with Gasteiger partial charge in [0.25, 0.3) is 0 Å². The molecule has 0 saturated heterocycles. The van der Waals surface area contributed by atoms with Gasteiger partial charge in [-0.1, -0.05) is 30.3 Å². The molecule has 0 spiro atoms. The van der Waals surface area contributed by atoms with Crippen LogP contribution in [-0.4, -0.2) is 25.0 Å². The third-order valence-electron chi connectivity index (χ3n) is 3.56. The van der Waals surface area contributed by atoms with Crippen molar-refractivity contribution in [2.75, 3.05) is 0 Å². The molecule has 0 aliphatic heterocycles. The molecule has 0 saturated carbocycles. The number of hydrogen-bond donors (Lipinski definition) is 1. The van der Waals surface area contributed by atoms with Crippen molar-refractivity contribution < 1.29 is 0 Å². The van der Waals surface area contributed by atoms with Crippen molar-refractivity contribution in [2.45, 2.75) is 13.5 Å².